The molecule has 0 amide bonds. The van der Waals surface area contributed by atoms with Gasteiger partial charge in [0.15, 0.2) is 0 Å². The Morgan fingerprint density at radius 1 is 1.30 bits per heavy atom. The van der Waals surface area contributed by atoms with Gasteiger partial charge in [-0.3, -0.25) is 0 Å². The van der Waals surface area contributed by atoms with E-state index >= 15 is 0 Å². The summed E-state index contributed by atoms with van der Waals surface area (Å²) in [6, 6.07) is 10.3. The highest BCUT2D eigenvalue weighted by molar-refractivity contribution is 9.10. The normalized spacial score (nSPS) is 12.4. The minimum Gasteiger partial charge on any atom is -0.496 e. The summed E-state index contributed by atoms with van der Waals surface area (Å²) in [5.74, 6) is 2.88. The number of methoxy groups -OCH3 is 1. The summed E-state index contributed by atoms with van der Waals surface area (Å²) >= 11 is 3.51. The smallest absolute Gasteiger partial charge is 0.122 e. The van der Waals surface area contributed by atoms with E-state index in [1.807, 2.05) is 31.3 Å². The number of aryl methyl sites for hydroxylation is 1. The number of likely N-dealkylation sites (N-methyl/N-ethyl adjacent to an activating group) is 1. The van der Waals surface area contributed by atoms with Crippen LogP contribution in [0, 0.1) is 0 Å². The molecule has 1 aromatic heterocycles. The first-order chi connectivity index (χ1) is 9.67. The van der Waals surface area contributed by atoms with E-state index in [-0.39, 0.29) is 6.04 Å². The number of ether oxygens (including phenoxy) is 1. The van der Waals surface area contributed by atoms with E-state index in [1.165, 1.54) is 0 Å². The third-order valence-corrected chi connectivity index (χ3v) is 3.88. The van der Waals surface area contributed by atoms with Gasteiger partial charge < -0.3 is 14.5 Å². The summed E-state index contributed by atoms with van der Waals surface area (Å²) < 4.78 is 12.3. The van der Waals surface area contributed by atoms with Crippen LogP contribution in [0.5, 0.6) is 5.75 Å². The lowest BCUT2D eigenvalue weighted by Gasteiger charge is -2.16. The highest BCUT2D eigenvalue weighted by Crippen LogP contribution is 2.28. The standard InChI is InChI=1S/C16H20BrNO2/c1-4-13-6-8-16(20-13)14(18-2)10-11-9-12(17)5-7-15(11)19-3/h5-9,14,18H,4,10H2,1-3H3. The molecule has 4 heteroatoms. The lowest BCUT2D eigenvalue weighted by molar-refractivity contribution is 0.390. The summed E-state index contributed by atoms with van der Waals surface area (Å²) in [4.78, 5) is 0. The Kier molecular flexibility index (Phi) is 5.26. The second kappa shape index (κ2) is 6.95. The van der Waals surface area contributed by atoms with Crippen LogP contribution >= 0.6 is 15.9 Å². The fourth-order valence-electron chi connectivity index (χ4n) is 2.24. The molecule has 3 nitrogen and oxygen atoms in total. The van der Waals surface area contributed by atoms with Crippen molar-refractivity contribution in [3.63, 3.8) is 0 Å². The van der Waals surface area contributed by atoms with Gasteiger partial charge >= 0.3 is 0 Å². The summed E-state index contributed by atoms with van der Waals surface area (Å²) in [5, 5.41) is 3.31. The van der Waals surface area contributed by atoms with Crippen molar-refractivity contribution in [2.24, 2.45) is 0 Å². The third kappa shape index (κ3) is 3.44. The van der Waals surface area contributed by atoms with Crippen molar-refractivity contribution >= 4 is 15.9 Å². The van der Waals surface area contributed by atoms with Gasteiger partial charge in [-0.15, -0.1) is 0 Å². The number of furan rings is 1. The van der Waals surface area contributed by atoms with Gasteiger partial charge in [0.2, 0.25) is 0 Å². The van der Waals surface area contributed by atoms with E-state index in [9.17, 15) is 0 Å². The lowest BCUT2D eigenvalue weighted by atomic mass is 10.0. The molecule has 108 valence electrons. The van der Waals surface area contributed by atoms with Crippen LogP contribution in [0.15, 0.2) is 39.2 Å². The van der Waals surface area contributed by atoms with E-state index in [2.05, 4.69) is 34.2 Å². The molecule has 0 fully saturated rings. The number of hydrogen-bond donors (Lipinski definition) is 1. The molecule has 0 radical (unpaired) electrons. The number of benzene rings is 1. The Hall–Kier alpha value is -1.26. The average molecular weight is 338 g/mol. The quantitative estimate of drug-likeness (QED) is 0.861. The zero-order valence-corrected chi connectivity index (χ0v) is 13.7. The molecule has 2 aromatic rings. The van der Waals surface area contributed by atoms with Crippen molar-refractivity contribution in [1.82, 2.24) is 5.32 Å². The number of hydrogen-bond acceptors (Lipinski definition) is 3. The first kappa shape index (κ1) is 15.1. The average Bonchev–Trinajstić information content (AvgIpc) is 2.93. The number of rotatable bonds is 6. The second-order valence-electron chi connectivity index (χ2n) is 4.66. The minimum absolute atomic E-state index is 0.137. The first-order valence-corrected chi connectivity index (χ1v) is 7.55. The SMILES string of the molecule is CCc1ccc(C(Cc2cc(Br)ccc2OC)NC)o1. The van der Waals surface area contributed by atoms with Crippen LogP contribution < -0.4 is 10.1 Å². The highest BCUT2D eigenvalue weighted by Gasteiger charge is 2.16. The molecule has 1 atom stereocenters. The van der Waals surface area contributed by atoms with Crippen LogP contribution in [-0.4, -0.2) is 14.2 Å². The molecular formula is C16H20BrNO2. The van der Waals surface area contributed by atoms with Crippen LogP contribution in [0.1, 0.15) is 30.0 Å². The van der Waals surface area contributed by atoms with Crippen molar-refractivity contribution in [1.29, 1.82) is 0 Å². The summed E-state index contributed by atoms with van der Waals surface area (Å²) in [6.07, 6.45) is 1.73. The van der Waals surface area contributed by atoms with Gasteiger partial charge in [0, 0.05) is 10.9 Å². The first-order valence-electron chi connectivity index (χ1n) is 6.76. The van der Waals surface area contributed by atoms with Crippen LogP contribution in [0.3, 0.4) is 0 Å². The van der Waals surface area contributed by atoms with Gasteiger partial charge in [-0.05, 0) is 49.4 Å². The molecule has 1 heterocycles. The molecule has 0 aliphatic carbocycles. The van der Waals surface area contributed by atoms with E-state index in [1.54, 1.807) is 7.11 Å². The molecule has 1 N–H and O–H groups in total. The Balaban J connectivity index is 2.23. The van der Waals surface area contributed by atoms with Crippen molar-refractivity contribution in [3.8, 4) is 5.75 Å². The van der Waals surface area contributed by atoms with Crippen LogP contribution in [0.4, 0.5) is 0 Å². The molecule has 0 spiro atoms. The fourth-order valence-corrected chi connectivity index (χ4v) is 2.65. The molecule has 2 rings (SSSR count). The fraction of sp³-hybridized carbons (Fsp3) is 0.375. The predicted molar refractivity (Wildman–Crippen MR) is 84.3 cm³/mol. The minimum atomic E-state index is 0.137. The zero-order chi connectivity index (χ0) is 14.5. The Morgan fingerprint density at radius 3 is 2.70 bits per heavy atom. The summed E-state index contributed by atoms with van der Waals surface area (Å²) in [5.41, 5.74) is 1.15. The summed E-state index contributed by atoms with van der Waals surface area (Å²) in [6.45, 7) is 2.09. The third-order valence-electron chi connectivity index (χ3n) is 3.39. The van der Waals surface area contributed by atoms with Gasteiger partial charge in [0.05, 0.1) is 13.2 Å². The number of nitrogens with one attached hydrogen (secondary N) is 1. The van der Waals surface area contributed by atoms with Gasteiger partial charge in [0.1, 0.15) is 17.3 Å². The van der Waals surface area contributed by atoms with Gasteiger partial charge in [-0.1, -0.05) is 22.9 Å². The molecule has 0 saturated carbocycles. The largest absolute Gasteiger partial charge is 0.496 e. The van der Waals surface area contributed by atoms with Crippen LogP contribution in [0.25, 0.3) is 0 Å². The molecule has 0 aliphatic heterocycles. The van der Waals surface area contributed by atoms with Crippen LogP contribution in [-0.2, 0) is 12.8 Å². The Bertz CT molecular complexity index is 565. The van der Waals surface area contributed by atoms with Gasteiger partial charge in [0.25, 0.3) is 0 Å². The van der Waals surface area contributed by atoms with E-state index in [0.717, 1.165) is 40.1 Å². The van der Waals surface area contributed by atoms with Crippen molar-refractivity contribution < 1.29 is 9.15 Å². The summed E-state index contributed by atoms with van der Waals surface area (Å²) in [7, 11) is 3.65. The van der Waals surface area contributed by atoms with Crippen molar-refractivity contribution in [2.75, 3.05) is 14.2 Å². The molecule has 1 aromatic carbocycles. The maximum Gasteiger partial charge on any atom is 0.122 e. The van der Waals surface area contributed by atoms with E-state index in [0.29, 0.717) is 0 Å². The van der Waals surface area contributed by atoms with Crippen molar-refractivity contribution in [2.45, 2.75) is 25.8 Å². The van der Waals surface area contributed by atoms with E-state index in [4.69, 9.17) is 9.15 Å². The van der Waals surface area contributed by atoms with Crippen LogP contribution in [0.2, 0.25) is 0 Å². The van der Waals surface area contributed by atoms with Crippen molar-refractivity contribution in [3.05, 3.63) is 51.9 Å². The van der Waals surface area contributed by atoms with Gasteiger partial charge in [-0.2, -0.15) is 0 Å². The number of halogens is 1. The maximum atomic E-state index is 5.85. The Labute approximate surface area is 128 Å². The van der Waals surface area contributed by atoms with Gasteiger partial charge in [-0.25, -0.2) is 0 Å². The molecular weight excluding hydrogens is 318 g/mol. The maximum absolute atomic E-state index is 5.85. The lowest BCUT2D eigenvalue weighted by Crippen LogP contribution is -2.18. The second-order valence-corrected chi connectivity index (χ2v) is 5.57. The molecule has 0 aliphatic rings. The van der Waals surface area contributed by atoms with E-state index < -0.39 is 0 Å². The topological polar surface area (TPSA) is 34.4 Å². The zero-order valence-electron chi connectivity index (χ0n) is 12.1. The molecule has 20 heavy (non-hydrogen) atoms. The predicted octanol–water partition coefficient (Wildman–Crippen LogP) is 4.12. The highest BCUT2D eigenvalue weighted by atomic mass is 79.9. The molecule has 1 unspecified atom stereocenters. The monoisotopic (exact) mass is 337 g/mol. The Morgan fingerprint density at radius 2 is 2.10 bits per heavy atom. The molecule has 0 bridgehead atoms. The molecule has 0 saturated heterocycles.